The molecule has 19 heavy (non-hydrogen) atoms. The highest BCUT2D eigenvalue weighted by Gasteiger charge is 2.07. The van der Waals surface area contributed by atoms with E-state index in [1.54, 1.807) is 6.07 Å². The Balaban J connectivity index is 1.77. The lowest BCUT2D eigenvalue weighted by atomic mass is 10.2. The van der Waals surface area contributed by atoms with Crippen LogP contribution < -0.4 is 5.32 Å². The molecular formula is C15H13N3O. The van der Waals surface area contributed by atoms with Crippen molar-refractivity contribution in [3.63, 3.8) is 0 Å². The number of rotatable bonds is 3. The highest BCUT2D eigenvalue weighted by atomic mass is 16.1. The van der Waals surface area contributed by atoms with Crippen molar-refractivity contribution in [2.24, 2.45) is 0 Å². The topological polar surface area (TPSA) is 57.8 Å². The van der Waals surface area contributed by atoms with Crippen molar-refractivity contribution in [1.82, 2.24) is 15.3 Å². The molecule has 0 bridgehead atoms. The van der Waals surface area contributed by atoms with E-state index in [1.165, 1.54) is 0 Å². The number of amides is 1. The molecule has 2 heterocycles. The Bertz CT molecular complexity index is 704. The Morgan fingerprint density at radius 2 is 2.05 bits per heavy atom. The highest BCUT2D eigenvalue weighted by Crippen LogP contribution is 2.11. The number of carbonyl (C=O) groups excluding carboxylic acids is 1. The van der Waals surface area contributed by atoms with Gasteiger partial charge in [-0.05, 0) is 23.8 Å². The van der Waals surface area contributed by atoms with Gasteiger partial charge in [-0.25, -0.2) is 4.98 Å². The van der Waals surface area contributed by atoms with Crippen LogP contribution in [0.3, 0.4) is 0 Å². The Hall–Kier alpha value is -2.62. The van der Waals surface area contributed by atoms with Gasteiger partial charge >= 0.3 is 0 Å². The predicted octanol–water partition coefficient (Wildman–Crippen LogP) is 2.49. The van der Waals surface area contributed by atoms with E-state index in [0.29, 0.717) is 12.2 Å². The van der Waals surface area contributed by atoms with E-state index in [-0.39, 0.29) is 5.91 Å². The molecule has 0 saturated heterocycles. The number of aromatic nitrogens is 2. The van der Waals surface area contributed by atoms with Gasteiger partial charge in [-0.3, -0.25) is 4.79 Å². The van der Waals surface area contributed by atoms with Crippen LogP contribution in [0, 0.1) is 0 Å². The number of nitrogens with zero attached hydrogens (tertiary/aromatic N) is 1. The van der Waals surface area contributed by atoms with Crippen molar-refractivity contribution < 1.29 is 4.79 Å². The number of para-hydroxylation sites is 1. The smallest absolute Gasteiger partial charge is 0.270 e. The molecule has 0 radical (unpaired) electrons. The zero-order valence-corrected chi connectivity index (χ0v) is 10.3. The molecule has 0 aliphatic rings. The predicted molar refractivity (Wildman–Crippen MR) is 73.7 cm³/mol. The monoisotopic (exact) mass is 251 g/mol. The van der Waals surface area contributed by atoms with Crippen molar-refractivity contribution >= 4 is 16.8 Å². The molecular weight excluding hydrogens is 238 g/mol. The molecule has 0 aliphatic heterocycles. The summed E-state index contributed by atoms with van der Waals surface area (Å²) in [6.07, 6.45) is 3.68. The quantitative estimate of drug-likeness (QED) is 0.751. The molecule has 0 fully saturated rings. The van der Waals surface area contributed by atoms with Gasteiger partial charge in [-0.1, -0.05) is 24.3 Å². The van der Waals surface area contributed by atoms with Gasteiger partial charge < -0.3 is 10.3 Å². The molecule has 0 atom stereocenters. The molecule has 3 rings (SSSR count). The van der Waals surface area contributed by atoms with Crippen LogP contribution in [0.5, 0.6) is 0 Å². The summed E-state index contributed by atoms with van der Waals surface area (Å²) in [5.74, 6) is -0.160. The number of hydrogen-bond acceptors (Lipinski definition) is 2. The zero-order valence-electron chi connectivity index (χ0n) is 10.3. The van der Waals surface area contributed by atoms with E-state index in [1.807, 2.05) is 48.8 Å². The second kappa shape index (κ2) is 4.94. The maximum Gasteiger partial charge on any atom is 0.270 e. The van der Waals surface area contributed by atoms with Gasteiger partial charge in [0, 0.05) is 24.3 Å². The lowest BCUT2D eigenvalue weighted by Gasteiger charge is -2.04. The maximum absolute atomic E-state index is 12.0. The first-order chi connectivity index (χ1) is 9.33. The summed E-state index contributed by atoms with van der Waals surface area (Å²) >= 11 is 0. The average Bonchev–Trinajstić information content (AvgIpc) is 2.97. The van der Waals surface area contributed by atoms with Gasteiger partial charge in [0.05, 0.1) is 5.52 Å². The van der Waals surface area contributed by atoms with Gasteiger partial charge in [0.2, 0.25) is 0 Å². The molecule has 1 aromatic carbocycles. The fourth-order valence-corrected chi connectivity index (χ4v) is 1.93. The second-order valence-electron chi connectivity index (χ2n) is 4.29. The number of fused-ring (bicyclic) bond motifs is 1. The Morgan fingerprint density at radius 3 is 2.89 bits per heavy atom. The summed E-state index contributed by atoms with van der Waals surface area (Å²) in [6, 6.07) is 13.3. The Morgan fingerprint density at radius 1 is 1.16 bits per heavy atom. The third-order valence-electron chi connectivity index (χ3n) is 2.95. The van der Waals surface area contributed by atoms with Gasteiger partial charge in [0.15, 0.2) is 0 Å². The van der Waals surface area contributed by atoms with E-state index in [0.717, 1.165) is 16.5 Å². The van der Waals surface area contributed by atoms with E-state index in [9.17, 15) is 4.79 Å². The summed E-state index contributed by atoms with van der Waals surface area (Å²) in [4.78, 5) is 19.3. The number of pyridine rings is 1. The number of aromatic amines is 1. The van der Waals surface area contributed by atoms with E-state index >= 15 is 0 Å². The van der Waals surface area contributed by atoms with Crippen molar-refractivity contribution in [3.05, 3.63) is 66.1 Å². The van der Waals surface area contributed by atoms with Crippen LogP contribution in [0.2, 0.25) is 0 Å². The molecule has 1 amide bonds. The zero-order chi connectivity index (χ0) is 13.1. The van der Waals surface area contributed by atoms with E-state index < -0.39 is 0 Å². The fraction of sp³-hybridized carbons (Fsp3) is 0.0667. The number of benzene rings is 1. The summed E-state index contributed by atoms with van der Waals surface area (Å²) in [5, 5.41) is 3.88. The van der Waals surface area contributed by atoms with Gasteiger partial charge in [-0.2, -0.15) is 0 Å². The van der Waals surface area contributed by atoms with Crippen molar-refractivity contribution in [2.45, 2.75) is 6.54 Å². The van der Waals surface area contributed by atoms with E-state index in [2.05, 4.69) is 15.3 Å². The van der Waals surface area contributed by atoms with Gasteiger partial charge in [0.25, 0.3) is 5.91 Å². The molecule has 4 nitrogen and oxygen atoms in total. The van der Waals surface area contributed by atoms with Crippen LogP contribution >= 0.6 is 0 Å². The van der Waals surface area contributed by atoms with E-state index in [4.69, 9.17) is 0 Å². The lowest BCUT2D eigenvalue weighted by molar-refractivity contribution is 0.0946. The number of H-pyrrole nitrogens is 1. The average molecular weight is 251 g/mol. The summed E-state index contributed by atoms with van der Waals surface area (Å²) in [5.41, 5.74) is 2.31. The third kappa shape index (κ3) is 2.47. The second-order valence-corrected chi connectivity index (χ2v) is 4.29. The Labute approximate surface area is 110 Å². The van der Waals surface area contributed by atoms with Crippen LogP contribution in [-0.4, -0.2) is 15.9 Å². The minimum absolute atomic E-state index is 0.160. The van der Waals surface area contributed by atoms with Crippen molar-refractivity contribution in [1.29, 1.82) is 0 Å². The van der Waals surface area contributed by atoms with Crippen LogP contribution in [0.1, 0.15) is 16.1 Å². The molecule has 2 aromatic heterocycles. The molecule has 3 aromatic rings. The summed E-state index contributed by atoms with van der Waals surface area (Å²) in [6.45, 7) is 0.497. The van der Waals surface area contributed by atoms with Crippen molar-refractivity contribution in [3.8, 4) is 0 Å². The molecule has 2 N–H and O–H groups in total. The number of nitrogens with one attached hydrogen (secondary N) is 2. The van der Waals surface area contributed by atoms with Gasteiger partial charge in [-0.15, -0.1) is 0 Å². The van der Waals surface area contributed by atoms with Crippen LogP contribution in [-0.2, 0) is 6.54 Å². The number of carbonyl (C=O) groups is 1. The largest absolute Gasteiger partial charge is 0.367 e. The van der Waals surface area contributed by atoms with Crippen LogP contribution in [0.25, 0.3) is 10.9 Å². The minimum Gasteiger partial charge on any atom is -0.367 e. The summed E-state index contributed by atoms with van der Waals surface area (Å²) in [7, 11) is 0. The Kier molecular flexibility index (Phi) is 2.98. The first kappa shape index (κ1) is 11.5. The standard InChI is InChI=1S/C15H13N3O/c19-15(17-10-11-7-8-16-9-11)14-6-5-12-3-1-2-4-13(12)18-14/h1-9,16H,10H2,(H,17,19). The molecule has 4 heteroatoms. The third-order valence-corrected chi connectivity index (χ3v) is 2.95. The molecule has 94 valence electrons. The molecule has 0 aliphatic carbocycles. The maximum atomic E-state index is 12.0. The normalized spacial score (nSPS) is 10.5. The molecule has 0 unspecified atom stereocenters. The van der Waals surface area contributed by atoms with Gasteiger partial charge in [0.1, 0.15) is 5.69 Å². The van der Waals surface area contributed by atoms with Crippen LogP contribution in [0.15, 0.2) is 54.9 Å². The summed E-state index contributed by atoms with van der Waals surface area (Å²) < 4.78 is 0. The SMILES string of the molecule is O=C(NCc1cc[nH]c1)c1ccc2ccccc2n1. The van der Waals surface area contributed by atoms with Crippen molar-refractivity contribution in [2.75, 3.05) is 0 Å². The molecule has 0 saturated carbocycles. The first-order valence-corrected chi connectivity index (χ1v) is 6.08. The number of hydrogen-bond donors (Lipinski definition) is 2. The fourth-order valence-electron chi connectivity index (χ4n) is 1.93. The lowest BCUT2D eigenvalue weighted by Crippen LogP contribution is -2.23. The highest BCUT2D eigenvalue weighted by molar-refractivity contribution is 5.94. The molecule has 0 spiro atoms. The van der Waals surface area contributed by atoms with Crippen LogP contribution in [0.4, 0.5) is 0 Å². The first-order valence-electron chi connectivity index (χ1n) is 6.08. The minimum atomic E-state index is -0.160.